The van der Waals surface area contributed by atoms with E-state index in [2.05, 4.69) is 38.7 Å². The van der Waals surface area contributed by atoms with Gasteiger partial charge in [-0.15, -0.1) is 0 Å². The Labute approximate surface area is 192 Å². The van der Waals surface area contributed by atoms with Gasteiger partial charge in [-0.05, 0) is 66.5 Å². The standard InChI is InChI=1S/C21H19F2N5O4S/c1-21(19(22)23,27-20(31)24-2)16(18(30)28-32)26-17(29)14-9-7-13(8-10-14)5-3-4-6-15-11-12-25-33-15/h7-12,16,19,32H,1-2H3,(H,26,29)(H,28,30)(H2,24,27,31)/t16-,21?/m1/s1. The monoisotopic (exact) mass is 475 g/mol. The topological polar surface area (TPSA) is 132 Å². The molecule has 33 heavy (non-hydrogen) atoms. The zero-order chi connectivity index (χ0) is 24.4. The van der Waals surface area contributed by atoms with Crippen LogP contribution in [0.3, 0.4) is 0 Å². The lowest BCUT2D eigenvalue weighted by Gasteiger charge is -2.36. The van der Waals surface area contributed by atoms with Crippen molar-refractivity contribution >= 4 is 29.4 Å². The maximum absolute atomic E-state index is 13.8. The van der Waals surface area contributed by atoms with E-state index in [9.17, 15) is 23.2 Å². The number of amides is 4. The molecule has 9 nitrogen and oxygen atoms in total. The molecule has 0 fully saturated rings. The third-order valence-corrected chi connectivity index (χ3v) is 5.01. The van der Waals surface area contributed by atoms with Crippen molar-refractivity contribution in [2.24, 2.45) is 0 Å². The van der Waals surface area contributed by atoms with Crippen LogP contribution in [0, 0.1) is 23.7 Å². The highest BCUT2D eigenvalue weighted by Crippen LogP contribution is 2.21. The van der Waals surface area contributed by atoms with Crippen molar-refractivity contribution in [1.82, 2.24) is 25.8 Å². The van der Waals surface area contributed by atoms with Gasteiger partial charge in [0.1, 0.15) is 11.6 Å². The van der Waals surface area contributed by atoms with Crippen molar-refractivity contribution in [2.45, 2.75) is 24.9 Å². The number of rotatable bonds is 6. The Morgan fingerprint density at radius 3 is 2.33 bits per heavy atom. The second kappa shape index (κ2) is 11.6. The molecule has 12 heteroatoms. The summed E-state index contributed by atoms with van der Waals surface area (Å²) in [6.07, 6.45) is -1.65. The summed E-state index contributed by atoms with van der Waals surface area (Å²) < 4.78 is 31.5. The first-order valence-electron chi connectivity index (χ1n) is 9.27. The third kappa shape index (κ3) is 6.74. The molecule has 2 rings (SSSR count). The van der Waals surface area contributed by atoms with Gasteiger partial charge in [0.15, 0.2) is 0 Å². The highest BCUT2D eigenvalue weighted by atomic mass is 32.1. The quantitative estimate of drug-likeness (QED) is 0.243. The first-order chi connectivity index (χ1) is 15.7. The van der Waals surface area contributed by atoms with Crippen molar-refractivity contribution in [3.63, 3.8) is 0 Å². The summed E-state index contributed by atoms with van der Waals surface area (Å²) in [4.78, 5) is 37.1. The lowest BCUT2D eigenvalue weighted by atomic mass is 9.91. The molecule has 2 aromatic rings. The van der Waals surface area contributed by atoms with E-state index in [1.807, 2.05) is 5.32 Å². The number of benzene rings is 1. The second-order valence-electron chi connectivity index (χ2n) is 6.62. The van der Waals surface area contributed by atoms with Crippen LogP contribution in [-0.4, -0.2) is 52.5 Å². The zero-order valence-corrected chi connectivity index (χ0v) is 18.2. The van der Waals surface area contributed by atoms with Gasteiger partial charge < -0.3 is 16.0 Å². The molecular formula is C21H19F2N5O4S. The molecule has 0 aliphatic rings. The Morgan fingerprint density at radius 2 is 1.79 bits per heavy atom. The van der Waals surface area contributed by atoms with Gasteiger partial charge in [0.25, 0.3) is 18.2 Å². The lowest BCUT2D eigenvalue weighted by molar-refractivity contribution is -0.135. The second-order valence-corrected chi connectivity index (χ2v) is 7.46. The predicted octanol–water partition coefficient (Wildman–Crippen LogP) is 1.10. The van der Waals surface area contributed by atoms with Crippen LogP contribution in [0.25, 0.3) is 0 Å². The lowest BCUT2D eigenvalue weighted by Crippen LogP contribution is -2.69. The van der Waals surface area contributed by atoms with Crippen molar-refractivity contribution in [2.75, 3.05) is 7.05 Å². The number of nitrogens with zero attached hydrogens (tertiary/aromatic N) is 1. The Hall–Kier alpha value is -4.00. The number of hydroxylamine groups is 1. The van der Waals surface area contributed by atoms with Gasteiger partial charge in [0.2, 0.25) is 0 Å². The average molecular weight is 475 g/mol. The number of halogens is 2. The number of alkyl halides is 2. The number of carbonyl (C=O) groups is 3. The SMILES string of the molecule is CNC(=O)NC(C)(C(F)F)[C@H](NC(=O)c1ccc(C#CC#Cc2ccns2)cc1)C(=O)NO. The van der Waals surface area contributed by atoms with Gasteiger partial charge in [-0.3, -0.25) is 14.8 Å². The molecule has 172 valence electrons. The summed E-state index contributed by atoms with van der Waals surface area (Å²) in [5, 5.41) is 15.1. The Morgan fingerprint density at radius 1 is 1.12 bits per heavy atom. The van der Waals surface area contributed by atoms with Crippen LogP contribution in [-0.2, 0) is 4.79 Å². The molecule has 0 saturated carbocycles. The van der Waals surface area contributed by atoms with Crippen molar-refractivity contribution in [1.29, 1.82) is 0 Å². The number of nitrogens with one attached hydrogen (secondary N) is 4. The van der Waals surface area contributed by atoms with Gasteiger partial charge in [-0.1, -0.05) is 5.92 Å². The van der Waals surface area contributed by atoms with E-state index < -0.39 is 35.9 Å². The Kier molecular flexibility index (Phi) is 8.86. The van der Waals surface area contributed by atoms with Crippen LogP contribution in [0.4, 0.5) is 13.6 Å². The van der Waals surface area contributed by atoms with Crippen molar-refractivity contribution in [3.8, 4) is 23.7 Å². The fourth-order valence-corrected chi connectivity index (χ4v) is 2.96. The van der Waals surface area contributed by atoms with Gasteiger partial charge in [-0.2, -0.15) is 4.37 Å². The number of urea groups is 1. The number of aromatic nitrogens is 1. The molecule has 1 aromatic carbocycles. The van der Waals surface area contributed by atoms with Crippen LogP contribution >= 0.6 is 11.5 Å². The van der Waals surface area contributed by atoms with E-state index in [1.165, 1.54) is 48.3 Å². The molecule has 0 aliphatic carbocycles. The fourth-order valence-electron chi connectivity index (χ4n) is 2.51. The molecule has 0 saturated heterocycles. The molecular weight excluding hydrogens is 456 g/mol. The molecule has 2 atom stereocenters. The minimum atomic E-state index is -3.28. The third-order valence-electron chi connectivity index (χ3n) is 4.35. The van der Waals surface area contributed by atoms with Crippen molar-refractivity contribution < 1.29 is 28.4 Å². The Bertz CT molecular complexity index is 1120. The first kappa shape index (κ1) is 25.3. The molecule has 0 aliphatic heterocycles. The summed E-state index contributed by atoms with van der Waals surface area (Å²) in [5.74, 6) is 8.69. The van der Waals surface area contributed by atoms with Crippen LogP contribution in [0.1, 0.15) is 27.7 Å². The summed E-state index contributed by atoms with van der Waals surface area (Å²) >= 11 is 1.24. The highest BCUT2D eigenvalue weighted by Gasteiger charge is 2.48. The molecule has 0 bridgehead atoms. The highest BCUT2D eigenvalue weighted by molar-refractivity contribution is 7.06. The van der Waals surface area contributed by atoms with Crippen LogP contribution in [0.5, 0.6) is 0 Å². The van der Waals surface area contributed by atoms with E-state index in [0.29, 0.717) is 5.56 Å². The van der Waals surface area contributed by atoms with Gasteiger partial charge in [-0.25, -0.2) is 19.1 Å². The van der Waals surface area contributed by atoms with E-state index in [-0.39, 0.29) is 5.56 Å². The molecule has 5 N–H and O–H groups in total. The fraction of sp³-hybridized carbons (Fsp3) is 0.238. The molecule has 1 unspecified atom stereocenters. The van der Waals surface area contributed by atoms with Gasteiger partial charge in [0, 0.05) is 24.4 Å². The van der Waals surface area contributed by atoms with E-state index in [1.54, 1.807) is 12.3 Å². The van der Waals surface area contributed by atoms with Crippen LogP contribution in [0.15, 0.2) is 36.5 Å². The molecule has 4 amide bonds. The number of hydrogen-bond donors (Lipinski definition) is 5. The number of carbonyl (C=O) groups excluding carboxylic acids is 3. The number of hydrogen-bond acceptors (Lipinski definition) is 6. The molecule has 0 spiro atoms. The maximum atomic E-state index is 13.8. The van der Waals surface area contributed by atoms with E-state index in [4.69, 9.17) is 5.21 Å². The van der Waals surface area contributed by atoms with Crippen molar-refractivity contribution in [3.05, 3.63) is 52.5 Å². The van der Waals surface area contributed by atoms with E-state index in [0.717, 1.165) is 11.8 Å². The van der Waals surface area contributed by atoms with Crippen LogP contribution < -0.4 is 21.4 Å². The molecule has 0 radical (unpaired) electrons. The minimum absolute atomic E-state index is 0.0311. The van der Waals surface area contributed by atoms with E-state index >= 15 is 0 Å². The zero-order valence-electron chi connectivity index (χ0n) is 17.4. The molecule has 1 aromatic heterocycles. The summed E-state index contributed by atoms with van der Waals surface area (Å²) in [6, 6.07) is 4.49. The van der Waals surface area contributed by atoms with Gasteiger partial charge >= 0.3 is 6.03 Å². The maximum Gasteiger partial charge on any atom is 0.315 e. The summed E-state index contributed by atoms with van der Waals surface area (Å²) in [7, 11) is 1.19. The summed E-state index contributed by atoms with van der Waals surface area (Å²) in [5.41, 5.74) is -0.742. The predicted molar refractivity (Wildman–Crippen MR) is 115 cm³/mol. The largest absolute Gasteiger partial charge is 0.341 e. The summed E-state index contributed by atoms with van der Waals surface area (Å²) in [6.45, 7) is 0.860. The average Bonchev–Trinajstić information content (AvgIpc) is 3.33. The van der Waals surface area contributed by atoms with Gasteiger partial charge in [0.05, 0.1) is 4.88 Å². The Balaban J connectivity index is 2.19. The minimum Gasteiger partial charge on any atom is -0.341 e. The van der Waals surface area contributed by atoms with Crippen LogP contribution in [0.2, 0.25) is 0 Å². The smallest absolute Gasteiger partial charge is 0.315 e. The molecule has 1 heterocycles. The normalized spacial score (nSPS) is 12.7. The first-order valence-corrected chi connectivity index (χ1v) is 10.0.